The number of nitrogens with one attached hydrogen (secondary N) is 2. The number of methoxy groups -OCH3 is 2. The first kappa shape index (κ1) is 17.7. The van der Waals surface area contributed by atoms with Crippen molar-refractivity contribution in [2.24, 2.45) is 0 Å². The molecule has 9 nitrogen and oxygen atoms in total. The highest BCUT2D eigenvalue weighted by Gasteiger charge is 2.26. The first-order valence-corrected chi connectivity index (χ1v) is 7.59. The molecule has 1 aromatic heterocycles. The molecule has 1 unspecified atom stereocenters. The average molecular weight is 399 g/mol. The van der Waals surface area contributed by atoms with E-state index in [9.17, 15) is 14.9 Å². The SMILES string of the molecule is COc1ccc(OC)c(C(C)NC(=O)c2n[nH]c([N+](=O)[O-])c2Br)c1. The number of halogens is 1. The number of ether oxygens (including phenoxy) is 2. The van der Waals surface area contributed by atoms with E-state index in [0.717, 1.165) is 0 Å². The summed E-state index contributed by atoms with van der Waals surface area (Å²) in [7, 11) is 3.06. The van der Waals surface area contributed by atoms with Gasteiger partial charge in [0.25, 0.3) is 5.91 Å². The van der Waals surface area contributed by atoms with Gasteiger partial charge in [0.2, 0.25) is 0 Å². The van der Waals surface area contributed by atoms with Crippen molar-refractivity contribution >= 4 is 27.7 Å². The van der Waals surface area contributed by atoms with Crippen LogP contribution in [0.15, 0.2) is 22.7 Å². The Labute approximate surface area is 145 Å². The minimum Gasteiger partial charge on any atom is -0.497 e. The maximum atomic E-state index is 12.3. The van der Waals surface area contributed by atoms with Crippen molar-refractivity contribution in [1.29, 1.82) is 0 Å². The fourth-order valence-electron chi connectivity index (χ4n) is 2.11. The smallest absolute Gasteiger partial charge is 0.357 e. The van der Waals surface area contributed by atoms with Crippen LogP contribution in [0.4, 0.5) is 5.82 Å². The van der Waals surface area contributed by atoms with E-state index in [2.05, 4.69) is 31.4 Å². The Hall–Kier alpha value is -2.62. The number of nitro groups is 1. The number of H-pyrrole nitrogens is 1. The Morgan fingerprint density at radius 2 is 2.12 bits per heavy atom. The highest BCUT2D eigenvalue weighted by Crippen LogP contribution is 2.30. The summed E-state index contributed by atoms with van der Waals surface area (Å²) in [5.74, 6) is 0.245. The van der Waals surface area contributed by atoms with Gasteiger partial charge < -0.3 is 24.9 Å². The molecule has 2 aromatic rings. The summed E-state index contributed by atoms with van der Waals surface area (Å²) in [5, 5.41) is 19.4. The van der Waals surface area contributed by atoms with Crippen molar-refractivity contribution in [3.05, 3.63) is 44.0 Å². The molecule has 0 radical (unpaired) electrons. The summed E-state index contributed by atoms with van der Waals surface area (Å²) in [6, 6.07) is 4.77. The molecule has 24 heavy (non-hydrogen) atoms. The normalized spacial score (nSPS) is 11.7. The Balaban J connectivity index is 2.25. The molecule has 0 saturated heterocycles. The molecule has 1 heterocycles. The molecular weight excluding hydrogens is 384 g/mol. The van der Waals surface area contributed by atoms with Crippen LogP contribution in [0.1, 0.15) is 29.0 Å². The van der Waals surface area contributed by atoms with Crippen LogP contribution in [0.5, 0.6) is 11.5 Å². The zero-order valence-corrected chi connectivity index (χ0v) is 14.7. The quantitative estimate of drug-likeness (QED) is 0.569. The molecule has 0 saturated carbocycles. The molecule has 1 amide bonds. The zero-order valence-electron chi connectivity index (χ0n) is 13.1. The van der Waals surface area contributed by atoms with Crippen LogP contribution in [0.2, 0.25) is 0 Å². The number of hydrogen-bond donors (Lipinski definition) is 2. The minimum atomic E-state index is -0.664. The lowest BCUT2D eigenvalue weighted by atomic mass is 10.1. The Bertz CT molecular complexity index is 777. The van der Waals surface area contributed by atoms with E-state index >= 15 is 0 Å². The standard InChI is InChI=1S/C14H15BrN4O5/c1-7(9-6-8(23-2)4-5-10(9)24-3)16-14(20)12-11(15)13(18-17-12)19(21)22/h4-7H,1-3H3,(H,16,20)(H,17,18). The second-order valence-corrected chi connectivity index (χ2v) is 5.59. The van der Waals surface area contributed by atoms with Crippen molar-refractivity contribution < 1.29 is 19.2 Å². The van der Waals surface area contributed by atoms with Gasteiger partial charge in [0.05, 0.1) is 20.3 Å². The topological polar surface area (TPSA) is 119 Å². The first-order valence-electron chi connectivity index (χ1n) is 6.80. The number of rotatable bonds is 6. The molecule has 0 fully saturated rings. The minimum absolute atomic E-state index is 0.00481. The summed E-state index contributed by atoms with van der Waals surface area (Å²) in [4.78, 5) is 22.5. The summed E-state index contributed by atoms with van der Waals surface area (Å²) < 4.78 is 10.5. The Morgan fingerprint density at radius 3 is 2.67 bits per heavy atom. The van der Waals surface area contributed by atoms with Crippen LogP contribution in [-0.4, -0.2) is 35.2 Å². The molecule has 0 aliphatic heterocycles. The monoisotopic (exact) mass is 398 g/mol. The molecule has 0 spiro atoms. The van der Waals surface area contributed by atoms with Gasteiger partial charge in [0.1, 0.15) is 16.0 Å². The molecule has 0 aliphatic carbocycles. The van der Waals surface area contributed by atoms with Crippen LogP contribution in [-0.2, 0) is 0 Å². The number of aromatic nitrogens is 2. The van der Waals surface area contributed by atoms with E-state index in [1.54, 1.807) is 25.1 Å². The van der Waals surface area contributed by atoms with E-state index in [1.807, 2.05) is 0 Å². The van der Waals surface area contributed by atoms with Crippen molar-refractivity contribution in [2.75, 3.05) is 14.2 Å². The van der Waals surface area contributed by atoms with E-state index in [4.69, 9.17) is 9.47 Å². The Morgan fingerprint density at radius 1 is 1.42 bits per heavy atom. The maximum Gasteiger partial charge on any atom is 0.357 e. The van der Waals surface area contributed by atoms with E-state index in [-0.39, 0.29) is 16.0 Å². The van der Waals surface area contributed by atoms with E-state index < -0.39 is 16.9 Å². The number of carbonyl (C=O) groups excluding carboxylic acids is 1. The molecule has 2 rings (SSSR count). The van der Waals surface area contributed by atoms with Gasteiger partial charge in [-0.25, -0.2) is 0 Å². The van der Waals surface area contributed by atoms with Gasteiger partial charge in [-0.1, -0.05) is 5.10 Å². The first-order chi connectivity index (χ1) is 11.4. The second-order valence-electron chi connectivity index (χ2n) is 4.79. The second kappa shape index (κ2) is 7.30. The molecule has 0 bridgehead atoms. The molecule has 128 valence electrons. The highest BCUT2D eigenvalue weighted by atomic mass is 79.9. The van der Waals surface area contributed by atoms with Crippen molar-refractivity contribution in [3.8, 4) is 11.5 Å². The summed E-state index contributed by atoms with van der Waals surface area (Å²) in [6.07, 6.45) is 0. The molecule has 10 heteroatoms. The number of amides is 1. The van der Waals surface area contributed by atoms with Crippen molar-refractivity contribution in [3.63, 3.8) is 0 Å². The third-order valence-electron chi connectivity index (χ3n) is 3.34. The molecule has 0 aliphatic rings. The van der Waals surface area contributed by atoms with Gasteiger partial charge in [0, 0.05) is 5.56 Å². The lowest BCUT2D eigenvalue weighted by Gasteiger charge is -2.17. The predicted molar refractivity (Wildman–Crippen MR) is 88.4 cm³/mol. The fourth-order valence-corrected chi connectivity index (χ4v) is 2.61. The van der Waals surface area contributed by atoms with Gasteiger partial charge >= 0.3 is 5.82 Å². The van der Waals surface area contributed by atoms with Crippen molar-refractivity contribution in [1.82, 2.24) is 15.5 Å². The number of aromatic amines is 1. The van der Waals surface area contributed by atoms with Crippen LogP contribution in [0, 0.1) is 10.1 Å². The van der Waals surface area contributed by atoms with Gasteiger partial charge in [-0.05, 0) is 46.0 Å². The number of nitrogens with zero attached hydrogens (tertiary/aromatic N) is 2. The van der Waals surface area contributed by atoms with Crippen molar-refractivity contribution in [2.45, 2.75) is 13.0 Å². The average Bonchev–Trinajstić information content (AvgIpc) is 2.95. The summed E-state index contributed by atoms with van der Waals surface area (Å²) in [5.41, 5.74) is 0.599. The summed E-state index contributed by atoms with van der Waals surface area (Å²) in [6.45, 7) is 1.75. The third-order valence-corrected chi connectivity index (χ3v) is 4.09. The molecule has 1 aromatic carbocycles. The zero-order chi connectivity index (χ0) is 17.9. The summed E-state index contributed by atoms with van der Waals surface area (Å²) >= 11 is 3.01. The van der Waals surface area contributed by atoms with Crippen LogP contribution in [0.3, 0.4) is 0 Å². The van der Waals surface area contributed by atoms with E-state index in [1.165, 1.54) is 14.2 Å². The molecule has 1 atom stereocenters. The van der Waals surface area contributed by atoms with Crippen LogP contribution < -0.4 is 14.8 Å². The highest BCUT2D eigenvalue weighted by molar-refractivity contribution is 9.10. The van der Waals surface area contributed by atoms with Gasteiger partial charge in [-0.3, -0.25) is 4.79 Å². The van der Waals surface area contributed by atoms with Crippen LogP contribution >= 0.6 is 15.9 Å². The van der Waals surface area contributed by atoms with Crippen LogP contribution in [0.25, 0.3) is 0 Å². The maximum absolute atomic E-state index is 12.3. The van der Waals surface area contributed by atoms with Gasteiger partial charge in [-0.15, -0.1) is 5.10 Å². The Kier molecular flexibility index (Phi) is 5.39. The van der Waals surface area contributed by atoms with Gasteiger partial charge in [0.15, 0.2) is 5.69 Å². The predicted octanol–water partition coefficient (Wildman–Crippen LogP) is 2.59. The third kappa shape index (κ3) is 3.48. The van der Waals surface area contributed by atoms with E-state index in [0.29, 0.717) is 17.1 Å². The fraction of sp³-hybridized carbons (Fsp3) is 0.286. The number of benzene rings is 1. The largest absolute Gasteiger partial charge is 0.497 e. The molecule has 2 N–H and O–H groups in total. The molecular formula is C14H15BrN4O5. The van der Waals surface area contributed by atoms with Gasteiger partial charge in [-0.2, -0.15) is 0 Å². The number of hydrogen-bond acceptors (Lipinski definition) is 6. The number of carbonyl (C=O) groups is 1. The lowest BCUT2D eigenvalue weighted by molar-refractivity contribution is -0.390. The lowest BCUT2D eigenvalue weighted by Crippen LogP contribution is -2.27.